The number of benzene rings is 2. The smallest absolute Gasteiger partial charge is 0.410 e. The highest BCUT2D eigenvalue weighted by molar-refractivity contribution is 5.76. The average molecular weight is 445 g/mol. The molecule has 1 aliphatic heterocycles. The van der Waals surface area contributed by atoms with Crippen LogP contribution >= 0.6 is 0 Å². The van der Waals surface area contributed by atoms with E-state index in [0.717, 1.165) is 12.8 Å². The third-order valence-electron chi connectivity index (χ3n) is 6.07. The first-order chi connectivity index (χ1) is 15.3. The molecule has 1 atom stereocenters. The number of likely N-dealkylation sites (tertiary alicyclic amines) is 1. The summed E-state index contributed by atoms with van der Waals surface area (Å²) in [4.78, 5) is 27.9. The predicted octanol–water partition coefficient (Wildman–Crippen LogP) is 5.56. The highest BCUT2D eigenvalue weighted by Crippen LogP contribution is 2.31. The maximum atomic E-state index is 13.7. The van der Waals surface area contributed by atoms with Crippen LogP contribution in [0.15, 0.2) is 42.5 Å². The van der Waals surface area contributed by atoms with E-state index < -0.39 is 11.9 Å². The Morgan fingerprint density at radius 1 is 1.16 bits per heavy atom. The Kier molecular flexibility index (Phi) is 7.83. The van der Waals surface area contributed by atoms with Crippen molar-refractivity contribution in [2.75, 3.05) is 18.0 Å². The minimum absolute atomic E-state index is 0.0541. The van der Waals surface area contributed by atoms with Gasteiger partial charge in [0.25, 0.3) is 0 Å². The molecule has 1 aliphatic rings. The van der Waals surface area contributed by atoms with Crippen molar-refractivity contribution in [3.05, 3.63) is 59.7 Å². The van der Waals surface area contributed by atoms with Crippen molar-refractivity contribution in [2.24, 2.45) is 11.8 Å². The number of rotatable bonds is 7. The average Bonchev–Trinajstić information content (AvgIpc) is 2.78. The van der Waals surface area contributed by atoms with E-state index >= 15 is 0 Å². The zero-order valence-corrected chi connectivity index (χ0v) is 18.8. The summed E-state index contributed by atoms with van der Waals surface area (Å²) >= 11 is 0. The summed E-state index contributed by atoms with van der Waals surface area (Å²) in [7, 11) is 0. The van der Waals surface area contributed by atoms with Gasteiger partial charge in [-0.25, -0.2) is 13.6 Å². The molecule has 172 valence electrons. The Labute approximate surface area is 188 Å². The Balaban J connectivity index is 1.68. The van der Waals surface area contributed by atoms with Gasteiger partial charge in [-0.1, -0.05) is 19.9 Å². The van der Waals surface area contributed by atoms with Crippen molar-refractivity contribution < 1.29 is 23.1 Å². The summed E-state index contributed by atoms with van der Waals surface area (Å²) in [6.07, 6.45) is 2.53. The van der Waals surface area contributed by atoms with Crippen LogP contribution < -0.4 is 9.64 Å². The van der Waals surface area contributed by atoms with Crippen molar-refractivity contribution in [3.8, 4) is 5.75 Å². The molecule has 2 aromatic carbocycles. The van der Waals surface area contributed by atoms with Gasteiger partial charge in [0.15, 0.2) is 0 Å². The Morgan fingerprint density at radius 3 is 2.41 bits per heavy atom. The lowest BCUT2D eigenvalue weighted by Gasteiger charge is -2.40. The maximum Gasteiger partial charge on any atom is 0.415 e. The van der Waals surface area contributed by atoms with Gasteiger partial charge >= 0.3 is 6.09 Å². The first-order valence-electron chi connectivity index (χ1n) is 11.0. The quantitative estimate of drug-likeness (QED) is 0.525. The Bertz CT molecular complexity index is 925. The molecule has 32 heavy (non-hydrogen) atoms. The van der Waals surface area contributed by atoms with Crippen LogP contribution in [0.2, 0.25) is 0 Å². The molecule has 0 N–H and O–H groups in total. The van der Waals surface area contributed by atoms with Gasteiger partial charge in [-0.15, -0.1) is 0 Å². The highest BCUT2D eigenvalue weighted by Gasteiger charge is 2.33. The van der Waals surface area contributed by atoms with Crippen molar-refractivity contribution in [3.63, 3.8) is 0 Å². The summed E-state index contributed by atoms with van der Waals surface area (Å²) in [5.74, 6) is 0.00773. The lowest BCUT2D eigenvalue weighted by Crippen LogP contribution is -2.47. The molecule has 0 bridgehead atoms. The fraction of sp³-hybridized carbons (Fsp3) is 0.440. The van der Waals surface area contributed by atoms with Crippen LogP contribution in [0.25, 0.3) is 0 Å². The van der Waals surface area contributed by atoms with Gasteiger partial charge in [-0.3, -0.25) is 4.79 Å². The number of ether oxygens (including phenoxy) is 1. The molecule has 0 aliphatic carbocycles. The second-order valence-corrected chi connectivity index (χ2v) is 8.74. The zero-order chi connectivity index (χ0) is 23.3. The molecule has 5 nitrogen and oxygen atoms in total. The van der Waals surface area contributed by atoms with E-state index in [0.29, 0.717) is 43.1 Å². The van der Waals surface area contributed by atoms with Crippen LogP contribution in [0.1, 0.15) is 38.7 Å². The van der Waals surface area contributed by atoms with Gasteiger partial charge in [-0.2, -0.15) is 0 Å². The minimum Gasteiger partial charge on any atom is -0.410 e. The van der Waals surface area contributed by atoms with Crippen LogP contribution in [-0.4, -0.2) is 36.5 Å². The number of carbonyl (C=O) groups is 2. The molecule has 1 saturated heterocycles. The number of amides is 2. The van der Waals surface area contributed by atoms with Crippen LogP contribution in [-0.2, 0) is 4.79 Å². The number of hydrogen-bond acceptors (Lipinski definition) is 3. The number of halogens is 2. The van der Waals surface area contributed by atoms with Crippen LogP contribution in [0, 0.1) is 30.4 Å². The molecular weight excluding hydrogens is 414 g/mol. The van der Waals surface area contributed by atoms with Crippen molar-refractivity contribution in [1.29, 1.82) is 0 Å². The van der Waals surface area contributed by atoms with E-state index in [1.165, 1.54) is 24.3 Å². The van der Waals surface area contributed by atoms with Crippen LogP contribution in [0.3, 0.4) is 0 Å². The molecule has 2 amide bonds. The molecular formula is C25H30F2N2O3. The number of carbonyl (C=O) groups excluding carboxylic acids is 2. The predicted molar refractivity (Wildman–Crippen MR) is 120 cm³/mol. The third kappa shape index (κ3) is 5.64. The molecule has 0 aromatic heterocycles. The van der Waals surface area contributed by atoms with Crippen molar-refractivity contribution >= 4 is 18.2 Å². The van der Waals surface area contributed by atoms with E-state index in [2.05, 4.69) is 13.8 Å². The first kappa shape index (κ1) is 23.7. The van der Waals surface area contributed by atoms with E-state index in [9.17, 15) is 18.4 Å². The molecule has 7 heteroatoms. The molecule has 1 unspecified atom stereocenters. The van der Waals surface area contributed by atoms with E-state index in [-0.39, 0.29) is 23.5 Å². The molecule has 0 spiro atoms. The lowest BCUT2D eigenvalue weighted by atomic mass is 9.84. The number of hydrogen-bond donors (Lipinski definition) is 0. The van der Waals surface area contributed by atoms with Gasteiger partial charge in [0.2, 0.25) is 6.41 Å². The Hall–Kier alpha value is -2.96. The molecule has 0 saturated carbocycles. The fourth-order valence-corrected chi connectivity index (χ4v) is 4.28. The van der Waals surface area contributed by atoms with E-state index in [4.69, 9.17) is 4.74 Å². The van der Waals surface area contributed by atoms with Gasteiger partial charge in [0.1, 0.15) is 17.4 Å². The summed E-state index contributed by atoms with van der Waals surface area (Å²) in [6, 6.07) is 10.3. The SMILES string of the molecule is Cc1c(F)cccc1OC(=O)N1CCC(C(CC(C)C)N(C=O)c2ccc(F)cc2)CC1. The standard InChI is InChI=1S/C25H30F2N2O3/c1-17(2)15-23(29(16-30)21-9-7-20(26)8-10-21)19-11-13-28(14-12-19)25(31)32-24-6-4-5-22(27)18(24)3/h4-10,16-17,19,23H,11-15H2,1-3H3. The van der Waals surface area contributed by atoms with Gasteiger partial charge < -0.3 is 14.5 Å². The highest BCUT2D eigenvalue weighted by atomic mass is 19.1. The molecule has 3 rings (SSSR count). The second-order valence-electron chi connectivity index (χ2n) is 8.74. The monoisotopic (exact) mass is 444 g/mol. The summed E-state index contributed by atoms with van der Waals surface area (Å²) in [5, 5.41) is 0. The summed E-state index contributed by atoms with van der Waals surface area (Å²) in [6.45, 7) is 6.76. The first-order valence-corrected chi connectivity index (χ1v) is 11.0. The molecule has 0 radical (unpaired) electrons. The maximum absolute atomic E-state index is 13.7. The van der Waals surface area contributed by atoms with Crippen molar-refractivity contribution in [1.82, 2.24) is 4.90 Å². The van der Waals surface area contributed by atoms with E-state index in [1.807, 2.05) is 0 Å². The summed E-state index contributed by atoms with van der Waals surface area (Å²) in [5.41, 5.74) is 0.962. The lowest BCUT2D eigenvalue weighted by molar-refractivity contribution is -0.108. The third-order valence-corrected chi connectivity index (χ3v) is 6.07. The number of anilines is 1. The normalized spacial score (nSPS) is 15.5. The molecule has 1 fully saturated rings. The minimum atomic E-state index is -0.497. The van der Waals surface area contributed by atoms with Crippen LogP contribution in [0.4, 0.5) is 19.3 Å². The topological polar surface area (TPSA) is 49.9 Å². The number of piperidine rings is 1. The number of nitrogens with zero attached hydrogens (tertiary/aromatic N) is 2. The molecule has 2 aromatic rings. The van der Waals surface area contributed by atoms with Crippen LogP contribution in [0.5, 0.6) is 5.75 Å². The van der Waals surface area contributed by atoms with Gasteiger partial charge in [0, 0.05) is 30.4 Å². The van der Waals surface area contributed by atoms with Gasteiger partial charge in [0.05, 0.1) is 0 Å². The second kappa shape index (κ2) is 10.6. The largest absolute Gasteiger partial charge is 0.415 e. The van der Waals surface area contributed by atoms with Gasteiger partial charge in [-0.05, 0) is 74.4 Å². The Morgan fingerprint density at radius 2 is 1.81 bits per heavy atom. The fourth-order valence-electron chi connectivity index (χ4n) is 4.28. The van der Waals surface area contributed by atoms with E-state index in [1.54, 1.807) is 34.9 Å². The zero-order valence-electron chi connectivity index (χ0n) is 18.8. The molecule has 1 heterocycles. The summed E-state index contributed by atoms with van der Waals surface area (Å²) < 4.78 is 32.5. The van der Waals surface area contributed by atoms with Crippen molar-refractivity contribution in [2.45, 2.75) is 46.1 Å².